The van der Waals surface area contributed by atoms with Crippen LogP contribution >= 0.6 is 0 Å². The van der Waals surface area contributed by atoms with Gasteiger partial charge in [0.15, 0.2) is 0 Å². The lowest BCUT2D eigenvalue weighted by molar-refractivity contribution is -0.129. The Labute approximate surface area is 149 Å². The van der Waals surface area contributed by atoms with Gasteiger partial charge in [-0.15, -0.1) is 0 Å². The monoisotopic (exact) mass is 338 g/mol. The number of allylic oxidation sites excluding steroid dienone is 1. The van der Waals surface area contributed by atoms with Crippen LogP contribution in [-0.2, 0) is 22.4 Å². The minimum absolute atomic E-state index is 0.0343. The maximum atomic E-state index is 12.5. The Morgan fingerprint density at radius 3 is 2.56 bits per heavy atom. The Bertz CT molecular complexity index is 685. The fraction of sp³-hybridized carbons (Fsp3) is 0.524. The van der Waals surface area contributed by atoms with E-state index in [0.717, 1.165) is 25.7 Å². The van der Waals surface area contributed by atoms with Crippen molar-refractivity contribution in [2.75, 3.05) is 6.54 Å². The van der Waals surface area contributed by atoms with Gasteiger partial charge in [0, 0.05) is 25.4 Å². The Morgan fingerprint density at radius 2 is 1.88 bits per heavy atom. The predicted molar refractivity (Wildman–Crippen MR) is 97.1 cm³/mol. The number of amides is 2. The van der Waals surface area contributed by atoms with Crippen molar-refractivity contribution in [3.8, 4) is 0 Å². The zero-order valence-electron chi connectivity index (χ0n) is 14.7. The molecule has 3 aliphatic rings. The van der Waals surface area contributed by atoms with Crippen molar-refractivity contribution in [2.45, 2.75) is 63.5 Å². The Hall–Kier alpha value is -2.10. The molecule has 1 unspecified atom stereocenters. The average molecular weight is 338 g/mol. The lowest BCUT2D eigenvalue weighted by atomic mass is 9.97. The molecule has 1 atom stereocenters. The van der Waals surface area contributed by atoms with E-state index in [1.807, 2.05) is 4.90 Å². The Balaban J connectivity index is 1.32. The van der Waals surface area contributed by atoms with Crippen LogP contribution in [0, 0.1) is 0 Å². The fourth-order valence-electron chi connectivity index (χ4n) is 4.49. The van der Waals surface area contributed by atoms with Crippen LogP contribution in [-0.4, -0.2) is 35.3 Å². The van der Waals surface area contributed by atoms with Crippen LogP contribution in [0.3, 0.4) is 0 Å². The molecule has 1 aromatic carbocycles. The molecule has 25 heavy (non-hydrogen) atoms. The second-order valence-corrected chi connectivity index (χ2v) is 7.63. The van der Waals surface area contributed by atoms with Crippen LogP contribution in [0.25, 0.3) is 0 Å². The maximum absolute atomic E-state index is 12.5. The molecule has 0 spiro atoms. The number of carbonyl (C=O) groups is 2. The summed E-state index contributed by atoms with van der Waals surface area (Å²) in [6.07, 6.45) is 9.61. The third kappa shape index (κ3) is 3.63. The van der Waals surface area contributed by atoms with E-state index in [4.69, 9.17) is 0 Å². The van der Waals surface area contributed by atoms with E-state index in [-0.39, 0.29) is 23.9 Å². The minimum Gasteiger partial charge on any atom is -0.351 e. The van der Waals surface area contributed by atoms with Crippen molar-refractivity contribution < 1.29 is 9.59 Å². The number of benzene rings is 1. The minimum atomic E-state index is -0.0343. The first kappa shape index (κ1) is 16.4. The molecule has 1 aromatic rings. The molecule has 4 nitrogen and oxygen atoms in total. The molecule has 0 bridgehead atoms. The molecule has 4 rings (SSSR count). The zero-order valence-corrected chi connectivity index (χ0v) is 14.7. The summed E-state index contributed by atoms with van der Waals surface area (Å²) in [6, 6.07) is 8.67. The number of nitrogens with zero attached hydrogens (tertiary/aromatic N) is 1. The van der Waals surface area contributed by atoms with Crippen molar-refractivity contribution in [1.82, 2.24) is 10.2 Å². The topological polar surface area (TPSA) is 49.4 Å². The van der Waals surface area contributed by atoms with Gasteiger partial charge in [-0.3, -0.25) is 9.59 Å². The zero-order chi connectivity index (χ0) is 17.2. The molecule has 0 aromatic heterocycles. The molecule has 0 saturated carbocycles. The third-order valence-electron chi connectivity index (χ3n) is 5.77. The van der Waals surface area contributed by atoms with Gasteiger partial charge < -0.3 is 10.2 Å². The van der Waals surface area contributed by atoms with Gasteiger partial charge in [0.1, 0.15) is 0 Å². The van der Waals surface area contributed by atoms with Crippen LogP contribution in [0.5, 0.6) is 0 Å². The second-order valence-electron chi connectivity index (χ2n) is 7.63. The lowest BCUT2D eigenvalue weighted by Gasteiger charge is -2.24. The molecule has 2 amide bonds. The average Bonchev–Trinajstić information content (AvgIpc) is 3.18. The fourth-order valence-corrected chi connectivity index (χ4v) is 4.49. The summed E-state index contributed by atoms with van der Waals surface area (Å²) >= 11 is 0. The van der Waals surface area contributed by atoms with E-state index >= 15 is 0 Å². The van der Waals surface area contributed by atoms with E-state index < -0.39 is 0 Å². The molecule has 0 radical (unpaired) electrons. The Morgan fingerprint density at radius 1 is 1.12 bits per heavy atom. The number of likely N-dealkylation sites (tertiary alicyclic amines) is 1. The van der Waals surface area contributed by atoms with Crippen molar-refractivity contribution >= 4 is 11.8 Å². The van der Waals surface area contributed by atoms with Gasteiger partial charge in [0.2, 0.25) is 11.8 Å². The highest BCUT2D eigenvalue weighted by Crippen LogP contribution is 2.28. The van der Waals surface area contributed by atoms with Crippen molar-refractivity contribution in [3.05, 3.63) is 47.0 Å². The summed E-state index contributed by atoms with van der Waals surface area (Å²) in [7, 11) is 0. The number of hydrogen-bond donors (Lipinski definition) is 1. The highest BCUT2D eigenvalue weighted by Gasteiger charge is 2.37. The molecule has 2 aliphatic carbocycles. The van der Waals surface area contributed by atoms with Crippen molar-refractivity contribution in [2.24, 2.45) is 0 Å². The van der Waals surface area contributed by atoms with E-state index in [1.165, 1.54) is 29.5 Å². The van der Waals surface area contributed by atoms with E-state index in [9.17, 15) is 9.59 Å². The van der Waals surface area contributed by atoms with E-state index in [1.54, 1.807) is 0 Å². The summed E-state index contributed by atoms with van der Waals surface area (Å²) in [6.45, 7) is 0.655. The van der Waals surface area contributed by atoms with Gasteiger partial charge in [-0.05, 0) is 49.7 Å². The summed E-state index contributed by atoms with van der Waals surface area (Å²) in [5.74, 6) is 0.252. The molecule has 132 valence electrons. The number of carbonyl (C=O) groups excluding carboxylic acids is 2. The molecule has 1 N–H and O–H groups in total. The van der Waals surface area contributed by atoms with Gasteiger partial charge in [0.05, 0.1) is 6.04 Å². The van der Waals surface area contributed by atoms with Gasteiger partial charge in [-0.25, -0.2) is 0 Å². The molecular weight excluding hydrogens is 312 g/mol. The van der Waals surface area contributed by atoms with Gasteiger partial charge >= 0.3 is 0 Å². The highest BCUT2D eigenvalue weighted by molar-refractivity contribution is 5.83. The number of nitrogens with one attached hydrogen (secondary N) is 1. The molecule has 1 fully saturated rings. The highest BCUT2D eigenvalue weighted by atomic mass is 16.2. The second kappa shape index (κ2) is 7.03. The van der Waals surface area contributed by atoms with Crippen LogP contribution in [0.15, 0.2) is 35.9 Å². The van der Waals surface area contributed by atoms with Crippen LogP contribution in [0.1, 0.15) is 49.7 Å². The molecule has 1 aliphatic heterocycles. The lowest BCUT2D eigenvalue weighted by Crippen LogP contribution is -2.41. The molecule has 1 heterocycles. The molecule has 4 heteroatoms. The van der Waals surface area contributed by atoms with Gasteiger partial charge in [0.25, 0.3) is 0 Å². The maximum Gasteiger partial charge on any atom is 0.225 e. The Kier molecular flexibility index (Phi) is 4.60. The SMILES string of the molecule is O=C(CC1=CCCCC1)NC1CC(=O)N(C2Cc3ccccc3C2)C1. The smallest absolute Gasteiger partial charge is 0.225 e. The number of hydrogen-bond acceptors (Lipinski definition) is 2. The van der Waals surface area contributed by atoms with Crippen molar-refractivity contribution in [3.63, 3.8) is 0 Å². The first-order valence-corrected chi connectivity index (χ1v) is 9.52. The first-order chi connectivity index (χ1) is 12.2. The third-order valence-corrected chi connectivity index (χ3v) is 5.77. The standard InChI is InChI=1S/C21H26N2O2/c24-20(10-15-6-2-1-3-7-15)22-18-13-21(25)23(14-18)19-11-16-8-4-5-9-17(16)12-19/h4-6,8-9,18-19H,1-3,7,10-14H2,(H,22,24). The molecule has 1 saturated heterocycles. The quantitative estimate of drug-likeness (QED) is 0.858. The van der Waals surface area contributed by atoms with Crippen LogP contribution in [0.2, 0.25) is 0 Å². The first-order valence-electron chi connectivity index (χ1n) is 9.52. The summed E-state index contributed by atoms with van der Waals surface area (Å²) in [4.78, 5) is 26.7. The summed E-state index contributed by atoms with van der Waals surface area (Å²) in [5.41, 5.74) is 3.98. The number of fused-ring (bicyclic) bond motifs is 1. The van der Waals surface area contributed by atoms with E-state index in [2.05, 4.69) is 35.7 Å². The van der Waals surface area contributed by atoms with Crippen LogP contribution in [0.4, 0.5) is 0 Å². The van der Waals surface area contributed by atoms with Crippen molar-refractivity contribution in [1.29, 1.82) is 0 Å². The summed E-state index contributed by atoms with van der Waals surface area (Å²) in [5, 5.41) is 3.09. The number of rotatable bonds is 4. The van der Waals surface area contributed by atoms with E-state index in [0.29, 0.717) is 19.4 Å². The largest absolute Gasteiger partial charge is 0.351 e. The summed E-state index contributed by atoms with van der Waals surface area (Å²) < 4.78 is 0. The predicted octanol–water partition coefficient (Wildman–Crippen LogP) is 2.76. The van der Waals surface area contributed by atoms with Gasteiger partial charge in [-0.2, -0.15) is 0 Å². The normalized spacial score (nSPS) is 23.5. The van der Waals surface area contributed by atoms with Gasteiger partial charge in [-0.1, -0.05) is 35.9 Å². The molecular formula is C21H26N2O2. The van der Waals surface area contributed by atoms with Crippen LogP contribution < -0.4 is 5.32 Å².